The number of carboxylic acids is 2. The minimum atomic E-state index is -1.35. The zero-order chi connectivity index (χ0) is 23.1. The Morgan fingerprint density at radius 1 is 1.19 bits per heavy atom. The number of aliphatic carboxylic acids is 2. The summed E-state index contributed by atoms with van der Waals surface area (Å²) < 4.78 is 0. The van der Waals surface area contributed by atoms with Crippen LogP contribution in [0.3, 0.4) is 0 Å². The van der Waals surface area contributed by atoms with Crippen LogP contribution in [-0.4, -0.2) is 52.6 Å². The van der Waals surface area contributed by atoms with Crippen LogP contribution < -0.4 is 16.0 Å². The standard InChI is InChI=1S/C23H33N3O5S/c24-23(17(22(30)31)7-3-1-2-6-16-10-12-25-13-11-16)14-20(27)26(15-21(28)29)18-8-4-5-9-19(18)32-23/h4-5,8-9,16-17,25H,1-3,6-7,10-15,24H2,(H,28,29)(H,30,31)/t17-,23+/m0/s1. The first-order chi connectivity index (χ1) is 15.3. The van der Waals surface area contributed by atoms with Crippen LogP contribution >= 0.6 is 11.8 Å². The monoisotopic (exact) mass is 463 g/mol. The van der Waals surface area contributed by atoms with E-state index >= 15 is 0 Å². The molecule has 2 aliphatic heterocycles. The van der Waals surface area contributed by atoms with Gasteiger partial charge < -0.3 is 21.3 Å². The zero-order valence-electron chi connectivity index (χ0n) is 18.3. The van der Waals surface area contributed by atoms with E-state index in [2.05, 4.69) is 5.32 Å². The number of carbonyl (C=O) groups excluding carboxylic acids is 1. The molecule has 0 aliphatic carbocycles. The molecule has 0 bridgehead atoms. The third-order valence-corrected chi connectivity index (χ3v) is 7.80. The van der Waals surface area contributed by atoms with Crippen molar-refractivity contribution in [2.75, 3.05) is 24.5 Å². The molecule has 9 heteroatoms. The van der Waals surface area contributed by atoms with Gasteiger partial charge in [-0.15, -0.1) is 11.8 Å². The van der Waals surface area contributed by atoms with E-state index in [4.69, 9.17) is 5.73 Å². The molecule has 0 aromatic heterocycles. The van der Waals surface area contributed by atoms with E-state index in [1.807, 2.05) is 0 Å². The van der Waals surface area contributed by atoms with Crippen molar-refractivity contribution in [1.82, 2.24) is 5.32 Å². The van der Waals surface area contributed by atoms with Gasteiger partial charge in [-0.1, -0.05) is 37.8 Å². The number of para-hydroxylation sites is 1. The fourth-order valence-corrected chi connectivity index (χ4v) is 6.08. The van der Waals surface area contributed by atoms with Crippen molar-refractivity contribution in [1.29, 1.82) is 0 Å². The molecule has 0 spiro atoms. The number of nitrogens with one attached hydrogen (secondary N) is 1. The van der Waals surface area contributed by atoms with Gasteiger partial charge in [-0.2, -0.15) is 0 Å². The number of carboxylic acid groups (broad SMARTS) is 2. The second kappa shape index (κ2) is 11.2. The van der Waals surface area contributed by atoms with Crippen molar-refractivity contribution in [3.8, 4) is 0 Å². The Morgan fingerprint density at radius 2 is 1.91 bits per heavy atom. The molecule has 176 valence electrons. The van der Waals surface area contributed by atoms with E-state index in [1.165, 1.54) is 29.5 Å². The summed E-state index contributed by atoms with van der Waals surface area (Å²) in [7, 11) is 0. The Bertz CT molecular complexity index is 830. The lowest BCUT2D eigenvalue weighted by molar-refractivity contribution is -0.143. The van der Waals surface area contributed by atoms with Crippen LogP contribution in [0.25, 0.3) is 0 Å². The molecule has 0 unspecified atom stereocenters. The van der Waals surface area contributed by atoms with Gasteiger partial charge in [-0.25, -0.2) is 0 Å². The van der Waals surface area contributed by atoms with Crippen molar-refractivity contribution < 1.29 is 24.6 Å². The number of fused-ring (bicyclic) bond motifs is 1. The van der Waals surface area contributed by atoms with Crippen molar-refractivity contribution >= 4 is 35.3 Å². The third-order valence-electron chi connectivity index (χ3n) is 6.43. The first-order valence-corrected chi connectivity index (χ1v) is 12.1. The fourth-order valence-electron chi connectivity index (χ4n) is 4.68. The van der Waals surface area contributed by atoms with Gasteiger partial charge in [0.05, 0.1) is 22.9 Å². The summed E-state index contributed by atoms with van der Waals surface area (Å²) >= 11 is 1.17. The van der Waals surface area contributed by atoms with Crippen LogP contribution in [0, 0.1) is 11.8 Å². The molecule has 2 aliphatic rings. The Labute approximate surface area is 192 Å². The molecular formula is C23H33N3O5S. The summed E-state index contributed by atoms with van der Waals surface area (Å²) in [6, 6.07) is 6.93. The zero-order valence-corrected chi connectivity index (χ0v) is 19.1. The molecule has 3 rings (SSSR count). The van der Waals surface area contributed by atoms with Crippen LogP contribution in [0.5, 0.6) is 0 Å². The lowest BCUT2D eigenvalue weighted by Gasteiger charge is -2.33. The van der Waals surface area contributed by atoms with E-state index in [-0.39, 0.29) is 6.42 Å². The van der Waals surface area contributed by atoms with Gasteiger partial charge in [0.1, 0.15) is 6.54 Å². The van der Waals surface area contributed by atoms with Crippen molar-refractivity contribution in [3.63, 3.8) is 0 Å². The number of carbonyl (C=O) groups is 3. The third kappa shape index (κ3) is 6.24. The Kier molecular flexibility index (Phi) is 8.56. The van der Waals surface area contributed by atoms with Crippen molar-refractivity contribution in [3.05, 3.63) is 24.3 Å². The number of nitrogens with two attached hydrogens (primary N) is 1. The molecule has 32 heavy (non-hydrogen) atoms. The quantitative estimate of drug-likeness (QED) is 0.389. The lowest BCUT2D eigenvalue weighted by Crippen LogP contribution is -2.50. The molecule has 1 aromatic carbocycles. The van der Waals surface area contributed by atoms with Crippen molar-refractivity contribution in [2.45, 2.75) is 61.1 Å². The number of rotatable bonds is 10. The summed E-state index contributed by atoms with van der Waals surface area (Å²) in [6.07, 6.45) is 6.46. The summed E-state index contributed by atoms with van der Waals surface area (Å²) in [4.78, 5) is 37.0. The molecule has 1 aromatic rings. The number of piperidine rings is 1. The van der Waals surface area contributed by atoms with E-state index in [0.717, 1.165) is 44.7 Å². The largest absolute Gasteiger partial charge is 0.481 e. The van der Waals surface area contributed by atoms with Crippen LogP contribution in [0.15, 0.2) is 29.2 Å². The molecule has 1 saturated heterocycles. The van der Waals surface area contributed by atoms with Gasteiger partial charge in [0.2, 0.25) is 5.91 Å². The number of amides is 1. The van der Waals surface area contributed by atoms with Gasteiger partial charge in [0.15, 0.2) is 0 Å². The van der Waals surface area contributed by atoms with Gasteiger partial charge in [0.25, 0.3) is 0 Å². The highest BCUT2D eigenvalue weighted by Crippen LogP contribution is 2.46. The molecule has 8 nitrogen and oxygen atoms in total. The molecule has 5 N–H and O–H groups in total. The second-order valence-corrected chi connectivity index (χ2v) is 10.2. The predicted molar refractivity (Wildman–Crippen MR) is 124 cm³/mol. The minimum absolute atomic E-state index is 0.230. The van der Waals surface area contributed by atoms with Crippen LogP contribution in [0.2, 0.25) is 0 Å². The van der Waals surface area contributed by atoms with Crippen LogP contribution in [0.1, 0.15) is 51.4 Å². The maximum atomic E-state index is 13.0. The number of hydrogen-bond acceptors (Lipinski definition) is 6. The average molecular weight is 464 g/mol. The lowest BCUT2D eigenvalue weighted by atomic mass is 9.89. The first-order valence-electron chi connectivity index (χ1n) is 11.3. The number of unbranched alkanes of at least 4 members (excludes halogenated alkanes) is 2. The van der Waals surface area contributed by atoms with Gasteiger partial charge in [-0.3, -0.25) is 19.3 Å². The molecule has 1 fully saturated rings. The number of hydrogen-bond donors (Lipinski definition) is 4. The Hall–Kier alpha value is -2.10. The van der Waals surface area contributed by atoms with Crippen LogP contribution in [-0.2, 0) is 14.4 Å². The van der Waals surface area contributed by atoms with E-state index in [9.17, 15) is 24.6 Å². The van der Waals surface area contributed by atoms with E-state index in [0.29, 0.717) is 17.0 Å². The summed E-state index contributed by atoms with van der Waals surface area (Å²) in [6.45, 7) is 1.67. The molecule has 2 atom stereocenters. The van der Waals surface area contributed by atoms with Gasteiger partial charge >= 0.3 is 11.9 Å². The fraction of sp³-hybridized carbons (Fsp3) is 0.609. The highest BCUT2D eigenvalue weighted by molar-refractivity contribution is 8.00. The Morgan fingerprint density at radius 3 is 2.59 bits per heavy atom. The molecule has 2 heterocycles. The average Bonchev–Trinajstić information content (AvgIpc) is 2.85. The maximum Gasteiger partial charge on any atom is 0.323 e. The summed E-state index contributed by atoms with van der Waals surface area (Å²) in [5.74, 6) is -2.78. The molecule has 0 radical (unpaired) electrons. The second-order valence-electron chi connectivity index (χ2n) is 8.80. The smallest absolute Gasteiger partial charge is 0.323 e. The molecule has 1 amide bonds. The molecule has 0 saturated carbocycles. The summed E-state index contributed by atoms with van der Waals surface area (Å²) in [5.41, 5.74) is 7.08. The topological polar surface area (TPSA) is 133 Å². The van der Waals surface area contributed by atoms with E-state index in [1.54, 1.807) is 24.3 Å². The van der Waals surface area contributed by atoms with Crippen LogP contribution in [0.4, 0.5) is 5.69 Å². The summed E-state index contributed by atoms with van der Waals surface area (Å²) in [5, 5.41) is 22.6. The highest BCUT2D eigenvalue weighted by atomic mass is 32.2. The van der Waals surface area contributed by atoms with Gasteiger partial charge in [-0.05, 0) is 50.4 Å². The number of nitrogens with zero attached hydrogens (tertiary/aromatic N) is 1. The highest BCUT2D eigenvalue weighted by Gasteiger charge is 2.46. The SMILES string of the molecule is N[C@]1([C@@H](CCCCCC2CCNCC2)C(=O)O)CC(=O)N(CC(=O)O)c2ccccc2S1. The number of anilines is 1. The number of benzene rings is 1. The van der Waals surface area contributed by atoms with E-state index < -0.39 is 35.2 Å². The number of thioether (sulfide) groups is 1. The maximum absolute atomic E-state index is 13.0. The molecular weight excluding hydrogens is 430 g/mol. The first kappa shape index (κ1) is 24.5. The normalized spacial score (nSPS) is 22.8. The van der Waals surface area contributed by atoms with Gasteiger partial charge in [0, 0.05) is 4.90 Å². The minimum Gasteiger partial charge on any atom is -0.481 e. The predicted octanol–water partition coefficient (Wildman–Crippen LogP) is 2.91. The Balaban J connectivity index is 1.67. The van der Waals surface area contributed by atoms with Crippen molar-refractivity contribution in [2.24, 2.45) is 17.6 Å².